The molecule has 2 fully saturated rings. The number of likely N-dealkylation sites (tertiary alicyclic amines) is 1. The molecular formula is C15H20FN3. The van der Waals surface area contributed by atoms with Crippen LogP contribution in [0.2, 0.25) is 0 Å². The molecule has 3 rings (SSSR count). The number of halogens is 1. The third kappa shape index (κ3) is 2.36. The average molecular weight is 261 g/mol. The Labute approximate surface area is 113 Å². The standard InChI is InChI=1S/C15H20FN3/c1-3-19-9-15(10-19)5-12(6-15)4-13-7-18-14(8-17-13)11(2)16/h3,7-8,11-12H,1,4-6,9-10H2,2H3. The van der Waals surface area contributed by atoms with Crippen molar-refractivity contribution >= 4 is 0 Å². The van der Waals surface area contributed by atoms with E-state index < -0.39 is 6.17 Å². The van der Waals surface area contributed by atoms with E-state index in [-0.39, 0.29) is 0 Å². The van der Waals surface area contributed by atoms with E-state index >= 15 is 0 Å². The van der Waals surface area contributed by atoms with Crippen LogP contribution in [0.5, 0.6) is 0 Å². The minimum absolute atomic E-state index is 0.425. The van der Waals surface area contributed by atoms with E-state index in [1.165, 1.54) is 19.8 Å². The molecule has 0 bridgehead atoms. The predicted octanol–water partition coefficient (Wildman–Crippen LogP) is 2.91. The van der Waals surface area contributed by atoms with E-state index in [1.807, 2.05) is 6.20 Å². The van der Waals surface area contributed by atoms with Gasteiger partial charge in [0.2, 0.25) is 0 Å². The van der Waals surface area contributed by atoms with Gasteiger partial charge in [-0.05, 0) is 38.3 Å². The van der Waals surface area contributed by atoms with Gasteiger partial charge in [0, 0.05) is 24.7 Å². The Morgan fingerprint density at radius 2 is 2.21 bits per heavy atom. The molecule has 1 spiro atoms. The first-order valence-electron chi connectivity index (χ1n) is 6.92. The highest BCUT2D eigenvalue weighted by Gasteiger charge is 2.51. The second-order valence-electron chi connectivity index (χ2n) is 6.11. The number of alkyl halides is 1. The lowest BCUT2D eigenvalue weighted by atomic mass is 9.57. The number of nitrogens with zero attached hydrogens (tertiary/aromatic N) is 3. The first-order valence-corrected chi connectivity index (χ1v) is 6.92. The summed E-state index contributed by atoms with van der Waals surface area (Å²) in [5.74, 6) is 0.718. The summed E-state index contributed by atoms with van der Waals surface area (Å²) in [6.07, 6.45) is 7.73. The minimum Gasteiger partial charge on any atom is -0.377 e. The molecule has 1 aliphatic heterocycles. The maximum Gasteiger partial charge on any atom is 0.141 e. The van der Waals surface area contributed by atoms with Gasteiger partial charge in [-0.1, -0.05) is 6.58 Å². The lowest BCUT2D eigenvalue weighted by Gasteiger charge is -2.59. The molecule has 1 aliphatic carbocycles. The van der Waals surface area contributed by atoms with Crippen LogP contribution in [0, 0.1) is 11.3 Å². The van der Waals surface area contributed by atoms with Gasteiger partial charge in [0.05, 0.1) is 17.6 Å². The molecule has 2 heterocycles. The van der Waals surface area contributed by atoms with Crippen molar-refractivity contribution in [3.05, 3.63) is 36.6 Å². The van der Waals surface area contributed by atoms with Crippen LogP contribution in [0.3, 0.4) is 0 Å². The summed E-state index contributed by atoms with van der Waals surface area (Å²) in [4.78, 5) is 10.7. The third-order valence-electron chi connectivity index (χ3n) is 4.41. The van der Waals surface area contributed by atoms with Crippen molar-refractivity contribution in [2.45, 2.75) is 32.4 Å². The Morgan fingerprint density at radius 3 is 2.74 bits per heavy atom. The van der Waals surface area contributed by atoms with Crippen molar-refractivity contribution in [2.75, 3.05) is 13.1 Å². The Balaban J connectivity index is 1.50. The second-order valence-corrected chi connectivity index (χ2v) is 6.11. The normalized spacial score (nSPS) is 22.7. The van der Waals surface area contributed by atoms with E-state index in [0.29, 0.717) is 11.1 Å². The molecule has 0 radical (unpaired) electrons. The molecule has 1 saturated heterocycles. The van der Waals surface area contributed by atoms with Crippen LogP contribution in [0.1, 0.15) is 37.3 Å². The molecule has 4 heteroatoms. The number of rotatable bonds is 4. The lowest BCUT2D eigenvalue weighted by Crippen LogP contribution is -2.60. The molecule has 0 amide bonds. The molecule has 1 aromatic heterocycles. The van der Waals surface area contributed by atoms with Crippen molar-refractivity contribution < 1.29 is 4.39 Å². The van der Waals surface area contributed by atoms with Crippen molar-refractivity contribution in [3.63, 3.8) is 0 Å². The molecule has 19 heavy (non-hydrogen) atoms. The summed E-state index contributed by atoms with van der Waals surface area (Å²) in [6.45, 7) is 7.61. The van der Waals surface area contributed by atoms with Crippen LogP contribution in [-0.4, -0.2) is 28.0 Å². The van der Waals surface area contributed by atoms with Crippen LogP contribution in [-0.2, 0) is 6.42 Å². The average Bonchev–Trinajstić information content (AvgIpc) is 2.31. The summed E-state index contributed by atoms with van der Waals surface area (Å²) < 4.78 is 13.0. The number of hydrogen-bond donors (Lipinski definition) is 0. The highest BCUT2D eigenvalue weighted by molar-refractivity contribution is 5.11. The van der Waals surface area contributed by atoms with Gasteiger partial charge in [0.25, 0.3) is 0 Å². The van der Waals surface area contributed by atoms with Crippen LogP contribution < -0.4 is 0 Å². The van der Waals surface area contributed by atoms with Gasteiger partial charge in [-0.25, -0.2) is 4.39 Å². The highest BCUT2D eigenvalue weighted by atomic mass is 19.1. The van der Waals surface area contributed by atoms with Gasteiger partial charge in [-0.15, -0.1) is 0 Å². The van der Waals surface area contributed by atoms with Gasteiger partial charge in [0.15, 0.2) is 0 Å². The Hall–Kier alpha value is -1.45. The number of aromatic nitrogens is 2. The molecule has 1 unspecified atom stereocenters. The SMILES string of the molecule is C=CN1CC2(CC(Cc3cnc(C(C)F)cn3)C2)C1. The fourth-order valence-electron chi connectivity index (χ4n) is 3.48. The Bertz CT molecular complexity index is 455. The van der Waals surface area contributed by atoms with Crippen LogP contribution >= 0.6 is 0 Å². The zero-order chi connectivity index (χ0) is 13.5. The quantitative estimate of drug-likeness (QED) is 0.834. The van der Waals surface area contributed by atoms with E-state index in [2.05, 4.69) is 21.4 Å². The highest BCUT2D eigenvalue weighted by Crippen LogP contribution is 2.52. The summed E-state index contributed by atoms with van der Waals surface area (Å²) in [5.41, 5.74) is 1.97. The first kappa shape index (κ1) is 12.6. The molecule has 3 nitrogen and oxygen atoms in total. The van der Waals surface area contributed by atoms with Gasteiger partial charge in [0.1, 0.15) is 6.17 Å². The minimum atomic E-state index is -1.03. The van der Waals surface area contributed by atoms with Gasteiger partial charge in [-0.2, -0.15) is 0 Å². The molecule has 102 valence electrons. The van der Waals surface area contributed by atoms with E-state index in [1.54, 1.807) is 12.4 Å². The molecule has 1 aromatic rings. The second kappa shape index (κ2) is 4.58. The summed E-state index contributed by atoms with van der Waals surface area (Å²) in [7, 11) is 0. The predicted molar refractivity (Wildman–Crippen MR) is 72.2 cm³/mol. The topological polar surface area (TPSA) is 29.0 Å². The zero-order valence-electron chi connectivity index (χ0n) is 11.3. The van der Waals surface area contributed by atoms with Crippen LogP contribution in [0.4, 0.5) is 4.39 Å². The van der Waals surface area contributed by atoms with Gasteiger partial charge < -0.3 is 4.90 Å². The molecule has 0 N–H and O–H groups in total. The fraction of sp³-hybridized carbons (Fsp3) is 0.600. The lowest BCUT2D eigenvalue weighted by molar-refractivity contribution is -0.0704. The Kier molecular flexibility index (Phi) is 3.03. The molecular weight excluding hydrogens is 241 g/mol. The van der Waals surface area contributed by atoms with Crippen molar-refractivity contribution in [3.8, 4) is 0 Å². The van der Waals surface area contributed by atoms with Crippen molar-refractivity contribution in [2.24, 2.45) is 11.3 Å². The molecule has 2 aliphatic rings. The van der Waals surface area contributed by atoms with E-state index in [9.17, 15) is 4.39 Å². The van der Waals surface area contributed by atoms with Crippen molar-refractivity contribution in [1.29, 1.82) is 0 Å². The van der Waals surface area contributed by atoms with Gasteiger partial charge in [-0.3, -0.25) is 9.97 Å². The van der Waals surface area contributed by atoms with Crippen LogP contribution in [0.15, 0.2) is 25.2 Å². The molecule has 1 atom stereocenters. The van der Waals surface area contributed by atoms with Crippen molar-refractivity contribution in [1.82, 2.24) is 14.9 Å². The maximum absolute atomic E-state index is 13.0. The molecule has 1 saturated carbocycles. The summed E-state index contributed by atoms with van der Waals surface area (Å²) in [5, 5.41) is 0. The fourth-order valence-corrected chi connectivity index (χ4v) is 3.48. The zero-order valence-corrected chi connectivity index (χ0v) is 11.3. The smallest absolute Gasteiger partial charge is 0.141 e. The summed E-state index contributed by atoms with van der Waals surface area (Å²) >= 11 is 0. The summed E-state index contributed by atoms with van der Waals surface area (Å²) in [6, 6.07) is 0. The van der Waals surface area contributed by atoms with Crippen LogP contribution in [0.25, 0.3) is 0 Å². The monoisotopic (exact) mass is 261 g/mol. The maximum atomic E-state index is 13.0. The van der Waals surface area contributed by atoms with E-state index in [4.69, 9.17) is 0 Å². The van der Waals surface area contributed by atoms with E-state index in [0.717, 1.165) is 31.1 Å². The third-order valence-corrected chi connectivity index (χ3v) is 4.41. The first-order chi connectivity index (χ1) is 9.10. The largest absolute Gasteiger partial charge is 0.377 e. The number of hydrogen-bond acceptors (Lipinski definition) is 3. The molecule has 0 aromatic carbocycles. The Morgan fingerprint density at radius 1 is 1.47 bits per heavy atom. The van der Waals surface area contributed by atoms with Gasteiger partial charge >= 0.3 is 0 Å².